The first-order chi connectivity index (χ1) is 8.58. The fraction of sp³-hybridized carbons (Fsp3) is 0.714. The molecule has 1 amide bonds. The van der Waals surface area contributed by atoms with E-state index in [1.807, 2.05) is 0 Å². The zero-order valence-electron chi connectivity index (χ0n) is 10.6. The smallest absolute Gasteiger partial charge is 0.326 e. The molecule has 0 aliphatic heterocycles. The van der Waals surface area contributed by atoms with E-state index in [1.54, 1.807) is 11.8 Å². The molecule has 0 aromatic rings. The van der Waals surface area contributed by atoms with E-state index in [4.69, 9.17) is 5.11 Å². The van der Waals surface area contributed by atoms with Crippen LogP contribution in [0.15, 0.2) is 12.2 Å². The fourth-order valence-electron chi connectivity index (χ4n) is 3.41. The van der Waals surface area contributed by atoms with Crippen molar-refractivity contribution in [3.8, 4) is 0 Å². The van der Waals surface area contributed by atoms with E-state index in [-0.39, 0.29) is 17.9 Å². The Labute approximate surface area is 107 Å². The molecule has 2 saturated carbocycles. The summed E-state index contributed by atoms with van der Waals surface area (Å²) in [5, 5.41) is 9.14. The largest absolute Gasteiger partial charge is 0.480 e. The average Bonchev–Trinajstić information content (AvgIpc) is 2.94. The van der Waals surface area contributed by atoms with Crippen molar-refractivity contribution in [3.63, 3.8) is 0 Å². The summed E-state index contributed by atoms with van der Waals surface area (Å²) in [7, 11) is 0. The first kappa shape index (κ1) is 11.8. The van der Waals surface area contributed by atoms with Gasteiger partial charge in [-0.2, -0.15) is 0 Å². The maximum atomic E-state index is 12.6. The molecule has 4 nitrogen and oxygen atoms in total. The Morgan fingerprint density at radius 3 is 2.44 bits per heavy atom. The number of hydrogen-bond acceptors (Lipinski definition) is 2. The summed E-state index contributed by atoms with van der Waals surface area (Å²) in [6.45, 7) is 1.63. The Kier molecular flexibility index (Phi) is 2.68. The summed E-state index contributed by atoms with van der Waals surface area (Å²) in [6, 6.07) is -0.514. The van der Waals surface area contributed by atoms with Crippen LogP contribution >= 0.6 is 0 Å². The van der Waals surface area contributed by atoms with Gasteiger partial charge >= 0.3 is 5.97 Å². The van der Waals surface area contributed by atoms with Crippen LogP contribution in [0.1, 0.15) is 32.6 Å². The fourth-order valence-corrected chi connectivity index (χ4v) is 3.41. The van der Waals surface area contributed by atoms with Gasteiger partial charge in [0.25, 0.3) is 0 Å². The van der Waals surface area contributed by atoms with Crippen LogP contribution in [0.4, 0.5) is 0 Å². The number of carbonyl (C=O) groups excluding carboxylic acids is 1. The zero-order chi connectivity index (χ0) is 12.9. The molecule has 2 bridgehead atoms. The minimum atomic E-state index is -0.894. The van der Waals surface area contributed by atoms with Crippen LogP contribution in [-0.2, 0) is 9.59 Å². The summed E-state index contributed by atoms with van der Waals surface area (Å²) in [5.74, 6) is 0.107. The van der Waals surface area contributed by atoms with Crippen molar-refractivity contribution in [2.45, 2.75) is 44.7 Å². The van der Waals surface area contributed by atoms with Crippen LogP contribution < -0.4 is 0 Å². The molecular formula is C14H19NO3. The maximum Gasteiger partial charge on any atom is 0.326 e. The van der Waals surface area contributed by atoms with Gasteiger partial charge in [0.15, 0.2) is 0 Å². The van der Waals surface area contributed by atoms with Gasteiger partial charge in [-0.3, -0.25) is 4.79 Å². The van der Waals surface area contributed by atoms with E-state index in [0.29, 0.717) is 11.8 Å². The van der Waals surface area contributed by atoms with Gasteiger partial charge in [0.05, 0.1) is 0 Å². The lowest BCUT2D eigenvalue weighted by molar-refractivity contribution is -0.152. The number of carboxylic acids is 1. The number of amides is 1. The van der Waals surface area contributed by atoms with E-state index in [2.05, 4.69) is 12.2 Å². The summed E-state index contributed by atoms with van der Waals surface area (Å²) in [4.78, 5) is 25.4. The molecule has 0 spiro atoms. The number of fused-ring (bicyclic) bond motifs is 2. The molecule has 0 saturated heterocycles. The van der Waals surface area contributed by atoms with E-state index in [9.17, 15) is 9.59 Å². The van der Waals surface area contributed by atoms with Crippen LogP contribution in [0.25, 0.3) is 0 Å². The third kappa shape index (κ3) is 1.84. The monoisotopic (exact) mass is 249 g/mol. The number of carboxylic acid groups (broad SMARTS) is 1. The van der Waals surface area contributed by atoms with Crippen molar-refractivity contribution in [2.75, 3.05) is 0 Å². The Balaban J connectivity index is 1.76. The van der Waals surface area contributed by atoms with Crippen molar-refractivity contribution < 1.29 is 14.7 Å². The van der Waals surface area contributed by atoms with Gasteiger partial charge in [-0.05, 0) is 44.4 Å². The molecule has 0 radical (unpaired) electrons. The second kappa shape index (κ2) is 4.11. The lowest BCUT2D eigenvalue weighted by Gasteiger charge is -2.31. The molecule has 0 aromatic heterocycles. The molecule has 18 heavy (non-hydrogen) atoms. The minimum absolute atomic E-state index is 0.0300. The third-order valence-electron chi connectivity index (χ3n) is 4.57. The second-order valence-electron chi connectivity index (χ2n) is 5.88. The van der Waals surface area contributed by atoms with Crippen LogP contribution in [0, 0.1) is 17.8 Å². The molecular weight excluding hydrogens is 230 g/mol. The molecule has 1 N–H and O–H groups in total. The highest BCUT2D eigenvalue weighted by Gasteiger charge is 2.46. The number of nitrogens with zero attached hydrogens (tertiary/aromatic N) is 1. The van der Waals surface area contributed by atoms with Gasteiger partial charge in [0.1, 0.15) is 6.04 Å². The highest BCUT2D eigenvalue weighted by molar-refractivity contribution is 5.86. The van der Waals surface area contributed by atoms with Crippen molar-refractivity contribution in [2.24, 2.45) is 17.8 Å². The predicted molar refractivity (Wildman–Crippen MR) is 65.8 cm³/mol. The molecule has 4 unspecified atom stereocenters. The van der Waals surface area contributed by atoms with Crippen molar-refractivity contribution in [1.29, 1.82) is 0 Å². The van der Waals surface area contributed by atoms with E-state index in [1.165, 1.54) is 0 Å². The van der Waals surface area contributed by atoms with Crippen LogP contribution in [0.3, 0.4) is 0 Å². The quantitative estimate of drug-likeness (QED) is 0.771. The minimum Gasteiger partial charge on any atom is -0.480 e. The van der Waals surface area contributed by atoms with Crippen LogP contribution in [0.2, 0.25) is 0 Å². The van der Waals surface area contributed by atoms with Crippen LogP contribution in [0.5, 0.6) is 0 Å². The van der Waals surface area contributed by atoms with Gasteiger partial charge in [0.2, 0.25) is 5.91 Å². The van der Waals surface area contributed by atoms with Crippen LogP contribution in [-0.4, -0.2) is 34.0 Å². The normalized spacial score (nSPS) is 34.6. The molecule has 98 valence electrons. The van der Waals surface area contributed by atoms with Crippen molar-refractivity contribution in [3.05, 3.63) is 12.2 Å². The molecule has 4 atom stereocenters. The van der Waals surface area contributed by atoms with E-state index >= 15 is 0 Å². The Bertz CT molecular complexity index is 413. The summed E-state index contributed by atoms with van der Waals surface area (Å²) < 4.78 is 0. The number of aliphatic carboxylic acids is 1. The van der Waals surface area contributed by atoms with Gasteiger partial charge in [-0.1, -0.05) is 12.2 Å². The lowest BCUT2D eigenvalue weighted by atomic mass is 9.91. The summed E-state index contributed by atoms with van der Waals surface area (Å²) in [6.07, 6.45) is 8.26. The predicted octanol–water partition coefficient (Wildman–Crippen LogP) is 1.66. The zero-order valence-corrected chi connectivity index (χ0v) is 10.6. The molecule has 0 aromatic carbocycles. The molecule has 0 heterocycles. The number of allylic oxidation sites excluding steroid dienone is 2. The number of hydrogen-bond donors (Lipinski definition) is 1. The first-order valence-corrected chi connectivity index (χ1v) is 6.81. The maximum absolute atomic E-state index is 12.6. The SMILES string of the molecule is CC(C(=O)O)N(C(=O)C1CC2C=CC1C2)C1CC1. The second-order valence-corrected chi connectivity index (χ2v) is 5.88. The van der Waals surface area contributed by atoms with Gasteiger partial charge in [-0.15, -0.1) is 0 Å². The molecule has 2 fully saturated rings. The third-order valence-corrected chi connectivity index (χ3v) is 4.57. The van der Waals surface area contributed by atoms with Gasteiger partial charge in [0, 0.05) is 12.0 Å². The summed E-state index contributed by atoms with van der Waals surface area (Å²) >= 11 is 0. The van der Waals surface area contributed by atoms with Crippen molar-refractivity contribution in [1.82, 2.24) is 4.90 Å². The Hall–Kier alpha value is -1.32. The lowest BCUT2D eigenvalue weighted by Crippen LogP contribution is -2.48. The first-order valence-electron chi connectivity index (χ1n) is 6.81. The highest BCUT2D eigenvalue weighted by Crippen LogP contribution is 2.45. The van der Waals surface area contributed by atoms with E-state index < -0.39 is 12.0 Å². The molecule has 3 aliphatic carbocycles. The van der Waals surface area contributed by atoms with Gasteiger partial charge < -0.3 is 10.0 Å². The van der Waals surface area contributed by atoms with E-state index in [0.717, 1.165) is 25.7 Å². The van der Waals surface area contributed by atoms with Gasteiger partial charge in [-0.25, -0.2) is 4.79 Å². The highest BCUT2D eigenvalue weighted by atomic mass is 16.4. The standard InChI is InChI=1S/C14H19NO3/c1-8(14(17)18)15(11-4-5-11)13(16)12-7-9-2-3-10(12)6-9/h2-3,8-12H,4-7H2,1H3,(H,17,18). The Morgan fingerprint density at radius 1 is 1.28 bits per heavy atom. The topological polar surface area (TPSA) is 57.6 Å². The molecule has 3 aliphatic rings. The molecule has 3 rings (SSSR count). The van der Waals surface area contributed by atoms with Crippen molar-refractivity contribution >= 4 is 11.9 Å². The summed E-state index contributed by atoms with van der Waals surface area (Å²) in [5.41, 5.74) is 0. The number of rotatable bonds is 4. The average molecular weight is 249 g/mol. The Morgan fingerprint density at radius 2 is 2.00 bits per heavy atom. The molecule has 4 heteroatoms. The number of carbonyl (C=O) groups is 2.